The molecule has 0 saturated carbocycles. The van der Waals surface area contributed by atoms with E-state index in [9.17, 15) is 0 Å². The van der Waals surface area contributed by atoms with E-state index in [0.29, 0.717) is 0 Å². The first-order valence-electron chi connectivity index (χ1n) is 16.4. The van der Waals surface area contributed by atoms with Crippen LogP contribution in [0.3, 0.4) is 0 Å². The standard InChI is InChI=1S/C44H40N2/c1-43(2,3)31-13-12-16-34(27-31)46-39-18-11-10-17-35(39)36-22-19-30(26-41(36)46)29-20-23-37-38-24-21-32(44(4,5)6)28-42(38)45(40(37)25-29)33-14-8-7-9-15-33/h7-28H,1-6H3. The SMILES string of the molecule is CC(C)(C)c1cccc(-n2c3ccccc3c3ccc(-c4ccc5c6ccc(C(C)(C)C)cc6n(-c6ccccc6)c5c4)cc32)c1. The van der Waals surface area contributed by atoms with Crippen LogP contribution in [0.4, 0.5) is 0 Å². The molecule has 6 aromatic carbocycles. The molecule has 0 amide bonds. The fourth-order valence-electron chi connectivity index (χ4n) is 7.06. The lowest BCUT2D eigenvalue weighted by Gasteiger charge is -2.20. The molecule has 0 spiro atoms. The summed E-state index contributed by atoms with van der Waals surface area (Å²) in [4.78, 5) is 0. The predicted molar refractivity (Wildman–Crippen MR) is 198 cm³/mol. The van der Waals surface area contributed by atoms with E-state index >= 15 is 0 Å². The Hall–Kier alpha value is -5.08. The molecule has 0 aliphatic rings. The number of hydrogen-bond donors (Lipinski definition) is 0. The number of benzene rings is 6. The van der Waals surface area contributed by atoms with Gasteiger partial charge in [-0.05, 0) is 81.6 Å². The Balaban J connectivity index is 1.38. The van der Waals surface area contributed by atoms with Crippen LogP contribution < -0.4 is 0 Å². The van der Waals surface area contributed by atoms with Crippen LogP contribution in [0.1, 0.15) is 52.7 Å². The van der Waals surface area contributed by atoms with Gasteiger partial charge < -0.3 is 9.13 Å². The molecule has 226 valence electrons. The summed E-state index contributed by atoms with van der Waals surface area (Å²) in [6, 6.07) is 49.6. The zero-order valence-corrected chi connectivity index (χ0v) is 27.6. The molecule has 0 aliphatic heterocycles. The first-order valence-corrected chi connectivity index (χ1v) is 16.4. The molecule has 46 heavy (non-hydrogen) atoms. The maximum absolute atomic E-state index is 2.44. The summed E-state index contributed by atoms with van der Waals surface area (Å²) in [5.41, 5.74) is 12.6. The van der Waals surface area contributed by atoms with Crippen LogP contribution >= 0.6 is 0 Å². The van der Waals surface area contributed by atoms with Gasteiger partial charge in [0.1, 0.15) is 0 Å². The molecule has 0 aliphatic carbocycles. The topological polar surface area (TPSA) is 9.86 Å². The highest BCUT2D eigenvalue weighted by Gasteiger charge is 2.20. The number of rotatable bonds is 3. The lowest BCUT2D eigenvalue weighted by Crippen LogP contribution is -2.11. The Kier molecular flexibility index (Phi) is 6.31. The van der Waals surface area contributed by atoms with Crippen LogP contribution in [-0.4, -0.2) is 9.13 Å². The van der Waals surface area contributed by atoms with Crippen molar-refractivity contribution in [2.24, 2.45) is 0 Å². The van der Waals surface area contributed by atoms with Crippen molar-refractivity contribution in [1.82, 2.24) is 9.13 Å². The van der Waals surface area contributed by atoms with Gasteiger partial charge in [0, 0.05) is 32.9 Å². The zero-order valence-electron chi connectivity index (χ0n) is 27.6. The normalized spacial score (nSPS) is 12.6. The number of aromatic nitrogens is 2. The fourth-order valence-corrected chi connectivity index (χ4v) is 7.06. The van der Waals surface area contributed by atoms with E-state index < -0.39 is 0 Å². The molecule has 0 radical (unpaired) electrons. The largest absolute Gasteiger partial charge is 0.309 e. The van der Waals surface area contributed by atoms with Crippen molar-refractivity contribution >= 4 is 43.6 Å². The van der Waals surface area contributed by atoms with Crippen molar-refractivity contribution < 1.29 is 0 Å². The van der Waals surface area contributed by atoms with Crippen LogP contribution in [0.2, 0.25) is 0 Å². The van der Waals surface area contributed by atoms with Gasteiger partial charge in [-0.3, -0.25) is 0 Å². The summed E-state index contributed by atoms with van der Waals surface area (Å²) in [5, 5.41) is 5.11. The first-order chi connectivity index (χ1) is 22.1. The third-order valence-corrected chi connectivity index (χ3v) is 9.63. The Morgan fingerprint density at radius 3 is 1.46 bits per heavy atom. The van der Waals surface area contributed by atoms with Gasteiger partial charge in [-0.2, -0.15) is 0 Å². The van der Waals surface area contributed by atoms with E-state index in [1.54, 1.807) is 0 Å². The highest BCUT2D eigenvalue weighted by molar-refractivity contribution is 6.12. The quantitative estimate of drug-likeness (QED) is 0.192. The lowest BCUT2D eigenvalue weighted by molar-refractivity contribution is 0.590. The van der Waals surface area contributed by atoms with E-state index in [-0.39, 0.29) is 10.8 Å². The van der Waals surface area contributed by atoms with E-state index in [4.69, 9.17) is 0 Å². The van der Waals surface area contributed by atoms with Crippen molar-refractivity contribution in [2.75, 3.05) is 0 Å². The van der Waals surface area contributed by atoms with Gasteiger partial charge in [0.2, 0.25) is 0 Å². The average molecular weight is 597 g/mol. The van der Waals surface area contributed by atoms with Crippen molar-refractivity contribution in [2.45, 2.75) is 52.4 Å². The van der Waals surface area contributed by atoms with Crippen molar-refractivity contribution in [3.8, 4) is 22.5 Å². The summed E-state index contributed by atoms with van der Waals surface area (Å²) >= 11 is 0. The molecule has 8 aromatic rings. The fraction of sp³-hybridized carbons (Fsp3) is 0.182. The molecule has 0 bridgehead atoms. The molecular weight excluding hydrogens is 556 g/mol. The summed E-state index contributed by atoms with van der Waals surface area (Å²) in [6.07, 6.45) is 0. The minimum Gasteiger partial charge on any atom is -0.309 e. The van der Waals surface area contributed by atoms with Crippen LogP contribution in [0.5, 0.6) is 0 Å². The van der Waals surface area contributed by atoms with E-state index in [1.165, 1.54) is 77.2 Å². The third kappa shape index (κ3) is 4.55. The summed E-state index contributed by atoms with van der Waals surface area (Å²) in [6.45, 7) is 13.7. The van der Waals surface area contributed by atoms with E-state index in [0.717, 1.165) is 0 Å². The molecule has 2 heterocycles. The molecule has 0 unspecified atom stereocenters. The Bertz CT molecular complexity index is 2420. The highest BCUT2D eigenvalue weighted by atomic mass is 15.0. The highest BCUT2D eigenvalue weighted by Crippen LogP contribution is 2.39. The summed E-state index contributed by atoms with van der Waals surface area (Å²) < 4.78 is 4.88. The molecule has 2 aromatic heterocycles. The predicted octanol–water partition coefficient (Wildman–Crippen LogP) is 12.1. The summed E-state index contributed by atoms with van der Waals surface area (Å²) in [5.74, 6) is 0. The van der Waals surface area contributed by atoms with Gasteiger partial charge in [-0.15, -0.1) is 0 Å². The Morgan fingerprint density at radius 2 is 0.826 bits per heavy atom. The molecule has 2 nitrogen and oxygen atoms in total. The smallest absolute Gasteiger partial charge is 0.0547 e. The molecular formula is C44H40N2. The lowest BCUT2D eigenvalue weighted by atomic mass is 9.86. The molecule has 0 fully saturated rings. The minimum absolute atomic E-state index is 0.0671. The average Bonchev–Trinajstić information content (AvgIpc) is 3.56. The number of fused-ring (bicyclic) bond motifs is 6. The van der Waals surface area contributed by atoms with Gasteiger partial charge in [-0.1, -0.05) is 126 Å². The second kappa shape index (κ2) is 10.2. The van der Waals surface area contributed by atoms with Crippen LogP contribution in [0.15, 0.2) is 133 Å². The molecule has 8 rings (SSSR count). The van der Waals surface area contributed by atoms with E-state index in [1.807, 2.05) is 0 Å². The molecule has 0 N–H and O–H groups in total. The number of para-hydroxylation sites is 2. The molecule has 2 heteroatoms. The van der Waals surface area contributed by atoms with Crippen molar-refractivity contribution in [3.05, 3.63) is 145 Å². The number of nitrogens with zero attached hydrogens (tertiary/aromatic N) is 2. The third-order valence-electron chi connectivity index (χ3n) is 9.63. The van der Waals surface area contributed by atoms with Gasteiger partial charge >= 0.3 is 0 Å². The van der Waals surface area contributed by atoms with Gasteiger partial charge in [-0.25, -0.2) is 0 Å². The van der Waals surface area contributed by atoms with Gasteiger partial charge in [0.25, 0.3) is 0 Å². The van der Waals surface area contributed by atoms with Crippen LogP contribution in [0, 0.1) is 0 Å². The minimum atomic E-state index is 0.0671. The monoisotopic (exact) mass is 596 g/mol. The van der Waals surface area contributed by atoms with Crippen LogP contribution in [-0.2, 0) is 10.8 Å². The molecule has 0 saturated heterocycles. The van der Waals surface area contributed by atoms with Crippen LogP contribution in [0.25, 0.3) is 66.1 Å². The maximum atomic E-state index is 2.44. The first kappa shape index (κ1) is 28.4. The maximum Gasteiger partial charge on any atom is 0.0547 e. The number of hydrogen-bond acceptors (Lipinski definition) is 0. The van der Waals surface area contributed by atoms with Crippen molar-refractivity contribution in [3.63, 3.8) is 0 Å². The van der Waals surface area contributed by atoms with E-state index in [2.05, 4.69) is 184 Å². The zero-order chi connectivity index (χ0) is 31.8. The Labute approximate surface area is 271 Å². The van der Waals surface area contributed by atoms with Gasteiger partial charge in [0.05, 0.1) is 22.1 Å². The second-order valence-electron chi connectivity index (χ2n) is 14.8. The van der Waals surface area contributed by atoms with Crippen molar-refractivity contribution in [1.29, 1.82) is 0 Å². The second-order valence-corrected chi connectivity index (χ2v) is 14.8. The Morgan fingerprint density at radius 1 is 0.348 bits per heavy atom. The molecule has 0 atom stereocenters. The van der Waals surface area contributed by atoms with Gasteiger partial charge in [0.15, 0.2) is 0 Å². The summed E-state index contributed by atoms with van der Waals surface area (Å²) in [7, 11) is 0.